The Hall–Kier alpha value is -0.870. The molecular formula is C18H31NO3. The van der Waals surface area contributed by atoms with Gasteiger partial charge in [0.15, 0.2) is 0 Å². The topological polar surface area (TPSA) is 49.8 Å². The van der Waals surface area contributed by atoms with Crippen molar-refractivity contribution in [1.82, 2.24) is 5.06 Å². The number of carbonyl (C=O) groups excluding carboxylic acids is 1. The molecule has 22 heavy (non-hydrogen) atoms. The average Bonchev–Trinajstić information content (AvgIpc) is 2.83. The van der Waals surface area contributed by atoms with Crippen LogP contribution in [0.25, 0.3) is 0 Å². The van der Waals surface area contributed by atoms with Crippen LogP contribution in [0.2, 0.25) is 0 Å². The maximum Gasteiger partial charge on any atom is 0.269 e. The van der Waals surface area contributed by atoms with E-state index in [1.807, 2.05) is 6.92 Å². The van der Waals surface area contributed by atoms with Crippen LogP contribution in [0.4, 0.5) is 0 Å². The number of allylic oxidation sites excluding steroid dienone is 1. The molecule has 1 N–H and O–H groups in total. The van der Waals surface area contributed by atoms with Crippen molar-refractivity contribution < 1.29 is 14.7 Å². The fourth-order valence-electron chi connectivity index (χ4n) is 4.84. The summed E-state index contributed by atoms with van der Waals surface area (Å²) < 4.78 is 0. The van der Waals surface area contributed by atoms with Crippen molar-refractivity contribution in [3.8, 4) is 0 Å². The minimum Gasteiger partial charge on any atom is -0.393 e. The van der Waals surface area contributed by atoms with Gasteiger partial charge in [-0.2, -0.15) is 0 Å². The Kier molecular flexibility index (Phi) is 5.33. The number of nitrogens with zero attached hydrogens (tertiary/aromatic N) is 1. The van der Waals surface area contributed by atoms with Gasteiger partial charge in [0, 0.05) is 13.1 Å². The first-order valence-electron chi connectivity index (χ1n) is 8.49. The number of amides is 1. The highest BCUT2D eigenvalue weighted by Gasteiger charge is 2.52. The Morgan fingerprint density at radius 3 is 2.73 bits per heavy atom. The molecule has 0 aromatic rings. The predicted octanol–water partition coefficient (Wildman–Crippen LogP) is 3.17. The number of likely N-dealkylation sites (N-methyl/N-ethyl adjacent to an activating group) is 1. The predicted molar refractivity (Wildman–Crippen MR) is 86.9 cm³/mol. The largest absolute Gasteiger partial charge is 0.393 e. The lowest BCUT2D eigenvalue weighted by Crippen LogP contribution is -2.41. The summed E-state index contributed by atoms with van der Waals surface area (Å²) in [4.78, 5) is 16.9. The first-order valence-corrected chi connectivity index (χ1v) is 8.49. The van der Waals surface area contributed by atoms with E-state index in [1.54, 1.807) is 13.1 Å². The second-order valence-corrected chi connectivity index (χ2v) is 7.45. The zero-order chi connectivity index (χ0) is 16.5. The molecule has 5 atom stereocenters. The summed E-state index contributed by atoms with van der Waals surface area (Å²) in [6, 6.07) is 0. The van der Waals surface area contributed by atoms with E-state index in [2.05, 4.69) is 13.8 Å². The third kappa shape index (κ3) is 3.09. The number of hydrogen-bond acceptors (Lipinski definition) is 3. The highest BCUT2D eigenvalue weighted by atomic mass is 16.7. The van der Waals surface area contributed by atoms with Gasteiger partial charge in [-0.25, -0.2) is 5.06 Å². The van der Waals surface area contributed by atoms with Crippen molar-refractivity contribution in [2.75, 3.05) is 14.2 Å². The molecule has 2 aliphatic carbocycles. The highest BCUT2D eigenvalue weighted by Crippen LogP contribution is 2.58. The molecule has 4 heteroatoms. The molecule has 0 heterocycles. The van der Waals surface area contributed by atoms with Gasteiger partial charge in [0.2, 0.25) is 0 Å². The van der Waals surface area contributed by atoms with Crippen molar-refractivity contribution in [2.24, 2.45) is 23.2 Å². The fraction of sp³-hybridized carbons (Fsp3) is 0.833. The Bertz CT molecular complexity index is 448. The zero-order valence-corrected chi connectivity index (χ0v) is 14.6. The summed E-state index contributed by atoms with van der Waals surface area (Å²) in [5.74, 6) is 1.22. The van der Waals surface area contributed by atoms with Crippen LogP contribution in [0.5, 0.6) is 0 Å². The molecule has 0 saturated heterocycles. The number of fused-ring (bicyclic) bond motifs is 1. The van der Waals surface area contributed by atoms with Crippen LogP contribution >= 0.6 is 0 Å². The van der Waals surface area contributed by atoms with Gasteiger partial charge in [0.05, 0.1) is 13.2 Å². The lowest BCUT2D eigenvalue weighted by Gasteiger charge is -2.45. The number of rotatable bonds is 4. The van der Waals surface area contributed by atoms with Crippen LogP contribution in [0, 0.1) is 23.2 Å². The number of carbonyl (C=O) groups is 1. The van der Waals surface area contributed by atoms with Gasteiger partial charge in [0.25, 0.3) is 5.91 Å². The summed E-state index contributed by atoms with van der Waals surface area (Å²) in [6.45, 7) is 6.62. The molecule has 0 aromatic heterocycles. The molecule has 2 saturated carbocycles. The molecule has 0 spiro atoms. The molecule has 1 amide bonds. The summed E-state index contributed by atoms with van der Waals surface area (Å²) in [5, 5.41) is 11.6. The zero-order valence-electron chi connectivity index (χ0n) is 14.6. The number of aliphatic hydroxyl groups excluding tert-OH is 1. The van der Waals surface area contributed by atoms with E-state index < -0.39 is 0 Å². The third-order valence-electron chi connectivity index (χ3n) is 6.42. The van der Waals surface area contributed by atoms with Gasteiger partial charge in [-0.15, -0.1) is 0 Å². The highest BCUT2D eigenvalue weighted by molar-refractivity contribution is 5.87. The standard InChI is InChI=1S/C18H31NO3/c1-12(11-17(21)19(4)22-5)13(2)14-8-9-15-16(20)7-6-10-18(14,15)3/h11,13-16,20H,6-10H2,1-5H3/t13-,14?,15?,16-,18+/m0/s1. The molecule has 2 unspecified atom stereocenters. The number of aliphatic hydroxyl groups is 1. The van der Waals surface area contributed by atoms with E-state index >= 15 is 0 Å². The van der Waals surface area contributed by atoms with Gasteiger partial charge < -0.3 is 5.11 Å². The maximum absolute atomic E-state index is 12.0. The Labute approximate surface area is 134 Å². The van der Waals surface area contributed by atoms with Crippen LogP contribution in [-0.2, 0) is 9.63 Å². The SMILES string of the molecule is CON(C)C(=O)C=C(C)[C@H](C)C1CCC2[C@@H](O)CCC[C@@]21C. The maximum atomic E-state index is 12.0. The molecule has 126 valence electrons. The van der Waals surface area contributed by atoms with E-state index in [4.69, 9.17) is 4.84 Å². The van der Waals surface area contributed by atoms with Crippen LogP contribution < -0.4 is 0 Å². The van der Waals surface area contributed by atoms with Gasteiger partial charge >= 0.3 is 0 Å². The Morgan fingerprint density at radius 1 is 1.41 bits per heavy atom. The second kappa shape index (κ2) is 6.71. The fourth-order valence-corrected chi connectivity index (χ4v) is 4.84. The van der Waals surface area contributed by atoms with E-state index in [-0.39, 0.29) is 17.4 Å². The van der Waals surface area contributed by atoms with E-state index in [0.717, 1.165) is 31.3 Å². The van der Waals surface area contributed by atoms with Gasteiger partial charge in [0.1, 0.15) is 0 Å². The smallest absolute Gasteiger partial charge is 0.269 e. The van der Waals surface area contributed by atoms with E-state index in [0.29, 0.717) is 17.8 Å². The van der Waals surface area contributed by atoms with Crippen LogP contribution in [0.1, 0.15) is 52.9 Å². The Morgan fingerprint density at radius 2 is 2.09 bits per heavy atom. The number of hydroxylamine groups is 2. The molecule has 0 aliphatic heterocycles. The minimum absolute atomic E-state index is 0.116. The molecule has 4 nitrogen and oxygen atoms in total. The summed E-state index contributed by atoms with van der Waals surface area (Å²) >= 11 is 0. The third-order valence-corrected chi connectivity index (χ3v) is 6.42. The van der Waals surface area contributed by atoms with Gasteiger partial charge in [-0.3, -0.25) is 9.63 Å². The molecule has 0 bridgehead atoms. The first kappa shape index (κ1) is 17.5. The molecular weight excluding hydrogens is 278 g/mol. The monoisotopic (exact) mass is 309 g/mol. The first-order chi connectivity index (χ1) is 10.3. The lowest BCUT2D eigenvalue weighted by molar-refractivity contribution is -0.162. The molecule has 2 fully saturated rings. The van der Waals surface area contributed by atoms with Gasteiger partial charge in [-0.1, -0.05) is 25.8 Å². The van der Waals surface area contributed by atoms with Crippen molar-refractivity contribution in [1.29, 1.82) is 0 Å². The summed E-state index contributed by atoms with van der Waals surface area (Å²) in [7, 11) is 3.12. The summed E-state index contributed by atoms with van der Waals surface area (Å²) in [6.07, 6.45) is 7.10. The second-order valence-electron chi connectivity index (χ2n) is 7.45. The lowest BCUT2D eigenvalue weighted by atomic mass is 9.61. The molecule has 2 rings (SSSR count). The Balaban J connectivity index is 2.14. The van der Waals surface area contributed by atoms with Crippen molar-refractivity contribution in [3.05, 3.63) is 11.6 Å². The molecule has 2 aliphatic rings. The quantitative estimate of drug-likeness (QED) is 0.641. The van der Waals surface area contributed by atoms with Crippen molar-refractivity contribution in [3.63, 3.8) is 0 Å². The van der Waals surface area contributed by atoms with Crippen LogP contribution in [0.3, 0.4) is 0 Å². The van der Waals surface area contributed by atoms with Crippen molar-refractivity contribution in [2.45, 2.75) is 59.0 Å². The average molecular weight is 309 g/mol. The van der Waals surface area contributed by atoms with Crippen LogP contribution in [-0.4, -0.2) is 36.3 Å². The van der Waals surface area contributed by atoms with Crippen LogP contribution in [0.15, 0.2) is 11.6 Å². The normalized spacial score (nSPS) is 36.8. The minimum atomic E-state index is -0.138. The summed E-state index contributed by atoms with van der Waals surface area (Å²) in [5.41, 5.74) is 1.32. The van der Waals surface area contributed by atoms with Crippen molar-refractivity contribution >= 4 is 5.91 Å². The molecule has 0 aromatic carbocycles. The van der Waals surface area contributed by atoms with E-state index in [1.165, 1.54) is 18.6 Å². The molecule has 0 radical (unpaired) electrons. The van der Waals surface area contributed by atoms with Gasteiger partial charge in [-0.05, 0) is 55.8 Å². The number of hydrogen-bond donors (Lipinski definition) is 1. The van der Waals surface area contributed by atoms with E-state index in [9.17, 15) is 9.90 Å².